The van der Waals surface area contributed by atoms with Crippen molar-refractivity contribution in [2.75, 3.05) is 11.9 Å². The summed E-state index contributed by atoms with van der Waals surface area (Å²) in [5.41, 5.74) is 2.53. The predicted octanol–water partition coefficient (Wildman–Crippen LogP) is 3.40. The first-order chi connectivity index (χ1) is 10.2. The van der Waals surface area contributed by atoms with E-state index in [1.165, 1.54) is 6.07 Å². The molecule has 4 nitrogen and oxygen atoms in total. The number of halogens is 1. The number of benzene rings is 2. The predicted molar refractivity (Wildman–Crippen MR) is 79.8 cm³/mol. The number of nitrogens with zero attached hydrogens (tertiary/aromatic N) is 1. The van der Waals surface area contributed by atoms with Crippen molar-refractivity contribution in [2.45, 2.75) is 6.42 Å². The van der Waals surface area contributed by atoms with Gasteiger partial charge in [-0.2, -0.15) is 5.26 Å². The average Bonchev–Trinajstić information content (AvgIpc) is 2.96. The second-order valence-electron chi connectivity index (χ2n) is 4.68. The highest BCUT2D eigenvalue weighted by molar-refractivity contribution is 6.34. The van der Waals surface area contributed by atoms with Crippen LogP contribution in [-0.2, 0) is 6.42 Å². The van der Waals surface area contributed by atoms with Crippen molar-refractivity contribution >= 4 is 23.2 Å². The van der Waals surface area contributed by atoms with Gasteiger partial charge in [0.15, 0.2) is 0 Å². The van der Waals surface area contributed by atoms with E-state index in [0.717, 1.165) is 17.7 Å². The molecule has 2 aromatic rings. The second-order valence-corrected chi connectivity index (χ2v) is 5.09. The zero-order chi connectivity index (χ0) is 14.8. The smallest absolute Gasteiger partial charge is 0.255 e. The van der Waals surface area contributed by atoms with Crippen LogP contribution in [0.1, 0.15) is 21.5 Å². The summed E-state index contributed by atoms with van der Waals surface area (Å²) >= 11 is 6.05. The fourth-order valence-electron chi connectivity index (χ4n) is 2.21. The first-order valence-electron chi connectivity index (χ1n) is 6.44. The zero-order valence-electron chi connectivity index (χ0n) is 11.0. The van der Waals surface area contributed by atoms with Gasteiger partial charge in [-0.1, -0.05) is 11.6 Å². The second kappa shape index (κ2) is 5.47. The number of carbonyl (C=O) groups is 1. The van der Waals surface area contributed by atoms with Gasteiger partial charge >= 0.3 is 0 Å². The molecule has 0 unspecified atom stereocenters. The number of rotatable bonds is 2. The minimum atomic E-state index is -0.240. The lowest BCUT2D eigenvalue weighted by atomic mass is 10.1. The summed E-state index contributed by atoms with van der Waals surface area (Å²) in [5.74, 6) is 0.597. The summed E-state index contributed by atoms with van der Waals surface area (Å²) in [5, 5.41) is 11.9. The lowest BCUT2D eigenvalue weighted by Crippen LogP contribution is -2.12. The van der Waals surface area contributed by atoms with Crippen molar-refractivity contribution in [1.82, 2.24) is 0 Å². The van der Waals surface area contributed by atoms with Crippen molar-refractivity contribution in [1.29, 1.82) is 5.26 Å². The van der Waals surface area contributed by atoms with Crippen LogP contribution in [0.25, 0.3) is 0 Å². The van der Waals surface area contributed by atoms with E-state index in [0.29, 0.717) is 28.4 Å². The van der Waals surface area contributed by atoms with Crippen LogP contribution in [0.15, 0.2) is 36.4 Å². The number of hydrogen-bond donors (Lipinski definition) is 1. The summed E-state index contributed by atoms with van der Waals surface area (Å²) in [4.78, 5) is 12.2. The molecule has 104 valence electrons. The summed E-state index contributed by atoms with van der Waals surface area (Å²) in [6.07, 6.45) is 0.814. The maximum absolute atomic E-state index is 12.2. The highest BCUT2D eigenvalue weighted by Crippen LogP contribution is 2.27. The number of hydrogen-bond acceptors (Lipinski definition) is 3. The molecule has 2 aromatic carbocycles. The quantitative estimate of drug-likeness (QED) is 0.924. The van der Waals surface area contributed by atoms with E-state index in [1.54, 1.807) is 24.3 Å². The van der Waals surface area contributed by atoms with Crippen LogP contribution in [0.4, 0.5) is 5.69 Å². The van der Waals surface area contributed by atoms with Crippen molar-refractivity contribution in [3.63, 3.8) is 0 Å². The van der Waals surface area contributed by atoms with E-state index >= 15 is 0 Å². The van der Waals surface area contributed by atoms with Gasteiger partial charge in [-0.25, -0.2) is 0 Å². The molecule has 0 saturated heterocycles. The van der Waals surface area contributed by atoms with E-state index in [2.05, 4.69) is 5.32 Å². The van der Waals surface area contributed by atoms with Gasteiger partial charge in [0.25, 0.3) is 5.91 Å². The summed E-state index contributed by atoms with van der Waals surface area (Å²) < 4.78 is 5.41. The van der Waals surface area contributed by atoms with Crippen LogP contribution < -0.4 is 10.1 Å². The Bertz CT molecular complexity index is 765. The van der Waals surface area contributed by atoms with Gasteiger partial charge in [-0.05, 0) is 42.0 Å². The molecule has 3 rings (SSSR count). The van der Waals surface area contributed by atoms with Crippen LogP contribution in [-0.4, -0.2) is 12.5 Å². The monoisotopic (exact) mass is 298 g/mol. The number of ether oxygens (including phenoxy) is 1. The molecule has 0 fully saturated rings. The van der Waals surface area contributed by atoms with E-state index in [9.17, 15) is 4.79 Å². The topological polar surface area (TPSA) is 62.1 Å². The molecule has 0 aliphatic carbocycles. The Balaban J connectivity index is 1.82. The summed E-state index contributed by atoms with van der Waals surface area (Å²) in [6, 6.07) is 12.1. The molecular formula is C16H11ClN2O2. The van der Waals surface area contributed by atoms with Gasteiger partial charge in [-0.3, -0.25) is 4.79 Å². The number of nitrogens with one attached hydrogen (secondary N) is 1. The molecule has 0 radical (unpaired) electrons. The molecule has 0 spiro atoms. The van der Waals surface area contributed by atoms with Crippen molar-refractivity contribution < 1.29 is 9.53 Å². The van der Waals surface area contributed by atoms with Crippen LogP contribution in [0, 0.1) is 11.3 Å². The Morgan fingerprint density at radius 3 is 2.90 bits per heavy atom. The Kier molecular flexibility index (Phi) is 3.51. The Labute approximate surface area is 126 Å². The van der Waals surface area contributed by atoms with Gasteiger partial charge in [0, 0.05) is 12.0 Å². The molecular weight excluding hydrogens is 288 g/mol. The normalized spacial score (nSPS) is 12.2. The molecule has 1 amide bonds. The summed E-state index contributed by atoms with van der Waals surface area (Å²) in [6.45, 7) is 0.655. The Hall–Kier alpha value is -2.51. The number of anilines is 1. The molecule has 0 saturated carbocycles. The molecule has 1 N–H and O–H groups in total. The van der Waals surface area contributed by atoms with Crippen molar-refractivity contribution in [3.8, 4) is 11.8 Å². The SMILES string of the molecule is N#Cc1ccc(NC(=O)c2ccc3c(c2)CCO3)c(Cl)c1. The van der Waals surface area contributed by atoms with Gasteiger partial charge in [0.2, 0.25) is 0 Å². The third-order valence-electron chi connectivity index (χ3n) is 3.30. The maximum atomic E-state index is 12.2. The molecule has 1 aliphatic rings. The standard InChI is InChI=1S/C16H11ClN2O2/c17-13-7-10(9-18)1-3-14(13)19-16(20)12-2-4-15-11(8-12)5-6-21-15/h1-4,7-8H,5-6H2,(H,19,20). The van der Waals surface area contributed by atoms with Crippen LogP contribution >= 0.6 is 11.6 Å². The van der Waals surface area contributed by atoms with E-state index in [4.69, 9.17) is 21.6 Å². The van der Waals surface area contributed by atoms with Crippen molar-refractivity contribution in [2.24, 2.45) is 0 Å². The first-order valence-corrected chi connectivity index (χ1v) is 6.82. The molecule has 0 aromatic heterocycles. The molecule has 5 heteroatoms. The maximum Gasteiger partial charge on any atom is 0.255 e. The number of fused-ring (bicyclic) bond motifs is 1. The number of carbonyl (C=O) groups excluding carboxylic acids is 1. The third kappa shape index (κ3) is 2.69. The van der Waals surface area contributed by atoms with Gasteiger partial charge in [-0.15, -0.1) is 0 Å². The van der Waals surface area contributed by atoms with E-state index < -0.39 is 0 Å². The first kappa shape index (κ1) is 13.5. The molecule has 0 atom stereocenters. The molecule has 1 aliphatic heterocycles. The molecule has 21 heavy (non-hydrogen) atoms. The van der Waals surface area contributed by atoms with Crippen molar-refractivity contribution in [3.05, 3.63) is 58.1 Å². The highest BCUT2D eigenvalue weighted by Gasteiger charge is 2.15. The summed E-state index contributed by atoms with van der Waals surface area (Å²) in [7, 11) is 0. The minimum Gasteiger partial charge on any atom is -0.493 e. The number of amides is 1. The van der Waals surface area contributed by atoms with E-state index in [-0.39, 0.29) is 5.91 Å². The largest absolute Gasteiger partial charge is 0.493 e. The average molecular weight is 299 g/mol. The minimum absolute atomic E-state index is 0.240. The van der Waals surface area contributed by atoms with Crippen LogP contribution in [0.2, 0.25) is 5.02 Å². The third-order valence-corrected chi connectivity index (χ3v) is 3.61. The lowest BCUT2D eigenvalue weighted by Gasteiger charge is -2.08. The van der Waals surface area contributed by atoms with Gasteiger partial charge in [0.05, 0.1) is 28.9 Å². The Morgan fingerprint density at radius 1 is 1.29 bits per heavy atom. The lowest BCUT2D eigenvalue weighted by molar-refractivity contribution is 0.102. The zero-order valence-corrected chi connectivity index (χ0v) is 11.8. The van der Waals surface area contributed by atoms with Gasteiger partial charge < -0.3 is 10.1 Å². The number of nitriles is 1. The molecule has 0 bridgehead atoms. The van der Waals surface area contributed by atoms with E-state index in [1.807, 2.05) is 12.1 Å². The fraction of sp³-hybridized carbons (Fsp3) is 0.125. The van der Waals surface area contributed by atoms with Crippen LogP contribution in [0.3, 0.4) is 0 Å². The molecule has 1 heterocycles. The van der Waals surface area contributed by atoms with Crippen LogP contribution in [0.5, 0.6) is 5.75 Å². The highest BCUT2D eigenvalue weighted by atomic mass is 35.5. The Morgan fingerprint density at radius 2 is 2.14 bits per heavy atom. The fourth-order valence-corrected chi connectivity index (χ4v) is 2.44. The van der Waals surface area contributed by atoms with Gasteiger partial charge in [0.1, 0.15) is 5.75 Å².